The molecule has 0 aliphatic rings. The quantitative estimate of drug-likeness (QED) is 0.752. The number of carbonyl (C=O) groups is 1. The molecule has 7 heteroatoms. The average molecular weight is 262 g/mol. The summed E-state index contributed by atoms with van der Waals surface area (Å²) in [5, 5.41) is 8.14. The normalized spacial score (nSPS) is 12.1. The molecule has 0 fully saturated rings. The van der Waals surface area contributed by atoms with E-state index in [1.807, 2.05) is 0 Å². The van der Waals surface area contributed by atoms with Crippen molar-refractivity contribution in [3.63, 3.8) is 0 Å². The molecule has 0 aromatic carbocycles. The maximum Gasteiger partial charge on any atom is 0.330 e. The summed E-state index contributed by atoms with van der Waals surface area (Å²) in [5.74, 6) is -0.0320. The summed E-state index contributed by atoms with van der Waals surface area (Å²) in [5.41, 5.74) is -0.364. The molecule has 2 rings (SSSR count). The van der Waals surface area contributed by atoms with E-state index in [-0.39, 0.29) is 12.2 Å². The molecule has 0 bridgehead atoms. The van der Waals surface area contributed by atoms with Crippen LogP contribution >= 0.6 is 0 Å². The van der Waals surface area contributed by atoms with Crippen LogP contribution in [0.15, 0.2) is 35.4 Å². The van der Waals surface area contributed by atoms with E-state index in [0.717, 1.165) is 4.68 Å². The molecule has 0 saturated carbocycles. The molecule has 2 aromatic heterocycles. The second-order valence-electron chi connectivity index (χ2n) is 3.85. The topological polar surface area (TPSA) is 79.0 Å². The van der Waals surface area contributed by atoms with Gasteiger partial charge in [-0.25, -0.2) is 14.2 Å². The van der Waals surface area contributed by atoms with E-state index in [9.17, 15) is 9.59 Å². The lowest BCUT2D eigenvalue weighted by molar-refractivity contribution is -0.147. The summed E-state index contributed by atoms with van der Waals surface area (Å²) < 4.78 is 7.48. The van der Waals surface area contributed by atoms with Gasteiger partial charge in [-0.2, -0.15) is 5.10 Å². The van der Waals surface area contributed by atoms with E-state index in [1.165, 1.54) is 10.7 Å². The van der Waals surface area contributed by atoms with Crippen LogP contribution in [-0.4, -0.2) is 32.1 Å². The molecule has 0 N–H and O–H groups in total. The highest BCUT2D eigenvalue weighted by Crippen LogP contribution is 2.05. The van der Waals surface area contributed by atoms with Gasteiger partial charge in [0.25, 0.3) is 5.56 Å². The van der Waals surface area contributed by atoms with Gasteiger partial charge in [0.05, 0.1) is 6.61 Å². The number of ether oxygens (including phenoxy) is 1. The van der Waals surface area contributed by atoms with Gasteiger partial charge in [-0.15, -0.1) is 5.10 Å². The Morgan fingerprint density at radius 3 is 2.89 bits per heavy atom. The second kappa shape index (κ2) is 5.47. The number of nitrogens with zero attached hydrogens (tertiary/aromatic N) is 4. The van der Waals surface area contributed by atoms with Crippen molar-refractivity contribution >= 4 is 5.97 Å². The van der Waals surface area contributed by atoms with Crippen LogP contribution in [0.1, 0.15) is 19.9 Å². The summed E-state index contributed by atoms with van der Waals surface area (Å²) in [7, 11) is 0. The Bertz CT molecular complexity index is 618. The predicted molar refractivity (Wildman–Crippen MR) is 67.0 cm³/mol. The fourth-order valence-corrected chi connectivity index (χ4v) is 1.58. The van der Waals surface area contributed by atoms with Gasteiger partial charge in [0.1, 0.15) is 0 Å². The number of aromatic nitrogens is 4. The molecule has 2 heterocycles. The van der Waals surface area contributed by atoms with Gasteiger partial charge in [-0.3, -0.25) is 4.79 Å². The zero-order valence-electron chi connectivity index (χ0n) is 10.7. The molecule has 19 heavy (non-hydrogen) atoms. The minimum absolute atomic E-state index is 0.261. The minimum Gasteiger partial charge on any atom is -0.464 e. The second-order valence-corrected chi connectivity index (χ2v) is 3.85. The molecule has 0 aliphatic carbocycles. The Labute approximate surface area is 109 Å². The van der Waals surface area contributed by atoms with Crippen molar-refractivity contribution in [2.45, 2.75) is 19.9 Å². The molecule has 7 nitrogen and oxygen atoms in total. The summed E-state index contributed by atoms with van der Waals surface area (Å²) in [6.45, 7) is 3.54. The molecule has 0 aliphatic heterocycles. The predicted octanol–water partition coefficient (Wildman–Crippen LogP) is 0.553. The zero-order chi connectivity index (χ0) is 13.8. The number of carbonyl (C=O) groups excluding carboxylic acids is 1. The molecular formula is C12H14N4O3. The highest BCUT2D eigenvalue weighted by Gasteiger charge is 2.19. The lowest BCUT2D eigenvalue weighted by Crippen LogP contribution is -2.31. The van der Waals surface area contributed by atoms with Crippen LogP contribution in [0.5, 0.6) is 0 Å². The lowest BCUT2D eigenvalue weighted by atomic mass is 10.3. The van der Waals surface area contributed by atoms with E-state index < -0.39 is 12.0 Å². The van der Waals surface area contributed by atoms with Crippen molar-refractivity contribution < 1.29 is 9.53 Å². The third kappa shape index (κ3) is 2.70. The fourth-order valence-electron chi connectivity index (χ4n) is 1.58. The van der Waals surface area contributed by atoms with Crippen molar-refractivity contribution in [3.8, 4) is 5.82 Å². The lowest BCUT2D eigenvalue weighted by Gasteiger charge is -2.13. The van der Waals surface area contributed by atoms with Gasteiger partial charge >= 0.3 is 5.97 Å². The molecular weight excluding hydrogens is 248 g/mol. The van der Waals surface area contributed by atoms with Crippen molar-refractivity contribution in [1.29, 1.82) is 0 Å². The molecule has 2 aromatic rings. The van der Waals surface area contributed by atoms with Gasteiger partial charge < -0.3 is 4.74 Å². The number of rotatable bonds is 4. The maximum atomic E-state index is 11.8. The molecule has 0 spiro atoms. The van der Waals surface area contributed by atoms with Crippen LogP contribution in [0, 0.1) is 0 Å². The fraction of sp³-hybridized carbons (Fsp3) is 0.333. The van der Waals surface area contributed by atoms with E-state index >= 15 is 0 Å². The summed E-state index contributed by atoms with van der Waals surface area (Å²) >= 11 is 0. The van der Waals surface area contributed by atoms with Gasteiger partial charge in [0.2, 0.25) is 0 Å². The molecule has 100 valence electrons. The standard InChI is InChI=1S/C12H14N4O3/c1-3-19-12(18)9(2)16-11(17)6-5-10(14-16)15-8-4-7-13-15/h4-9H,3H2,1-2H3/t9-/m0/s1. The monoisotopic (exact) mass is 262 g/mol. The van der Waals surface area contributed by atoms with Gasteiger partial charge in [0.15, 0.2) is 11.9 Å². The van der Waals surface area contributed by atoms with Crippen LogP contribution in [0.2, 0.25) is 0 Å². The summed E-state index contributed by atoms with van der Waals surface area (Å²) in [4.78, 5) is 23.4. The largest absolute Gasteiger partial charge is 0.464 e. The third-order valence-corrected chi connectivity index (χ3v) is 2.54. The molecule has 1 atom stereocenters. The Hall–Kier alpha value is -2.44. The van der Waals surface area contributed by atoms with Crippen molar-refractivity contribution in [2.24, 2.45) is 0 Å². The van der Waals surface area contributed by atoms with Crippen LogP contribution in [0.25, 0.3) is 5.82 Å². The molecule has 0 amide bonds. The first-order chi connectivity index (χ1) is 9.13. The first-order valence-corrected chi connectivity index (χ1v) is 5.90. The third-order valence-electron chi connectivity index (χ3n) is 2.54. The molecule has 0 unspecified atom stereocenters. The Morgan fingerprint density at radius 1 is 1.47 bits per heavy atom. The first kappa shape index (κ1) is 13.0. The van der Waals surface area contributed by atoms with Crippen molar-refractivity contribution in [2.75, 3.05) is 6.61 Å². The van der Waals surface area contributed by atoms with E-state index in [1.54, 1.807) is 38.4 Å². The highest BCUT2D eigenvalue weighted by molar-refractivity contribution is 5.73. The van der Waals surface area contributed by atoms with Crippen LogP contribution in [-0.2, 0) is 9.53 Å². The van der Waals surface area contributed by atoms with Gasteiger partial charge in [0, 0.05) is 18.5 Å². The van der Waals surface area contributed by atoms with Crippen LogP contribution < -0.4 is 5.56 Å². The smallest absolute Gasteiger partial charge is 0.330 e. The number of hydrogen-bond donors (Lipinski definition) is 0. The van der Waals surface area contributed by atoms with E-state index in [0.29, 0.717) is 5.82 Å². The minimum atomic E-state index is -0.775. The van der Waals surface area contributed by atoms with Crippen LogP contribution in [0.4, 0.5) is 0 Å². The maximum absolute atomic E-state index is 11.8. The highest BCUT2D eigenvalue weighted by atomic mass is 16.5. The average Bonchev–Trinajstić information content (AvgIpc) is 2.93. The van der Waals surface area contributed by atoms with E-state index in [2.05, 4.69) is 10.2 Å². The Morgan fingerprint density at radius 2 is 2.26 bits per heavy atom. The SMILES string of the molecule is CCOC(=O)[C@H](C)n1nc(-n2cccn2)ccc1=O. The number of hydrogen-bond acceptors (Lipinski definition) is 5. The van der Waals surface area contributed by atoms with Crippen molar-refractivity contribution in [3.05, 3.63) is 40.9 Å². The zero-order valence-corrected chi connectivity index (χ0v) is 10.7. The van der Waals surface area contributed by atoms with Crippen molar-refractivity contribution in [1.82, 2.24) is 19.6 Å². The van der Waals surface area contributed by atoms with E-state index in [4.69, 9.17) is 4.74 Å². The first-order valence-electron chi connectivity index (χ1n) is 5.90. The van der Waals surface area contributed by atoms with Crippen LogP contribution in [0.3, 0.4) is 0 Å². The summed E-state index contributed by atoms with van der Waals surface area (Å²) in [6.07, 6.45) is 3.30. The Balaban J connectivity index is 2.37. The number of esters is 1. The molecule has 0 radical (unpaired) electrons. The van der Waals surface area contributed by atoms with Gasteiger partial charge in [-0.05, 0) is 26.0 Å². The Kier molecular flexibility index (Phi) is 3.74. The molecule has 0 saturated heterocycles. The van der Waals surface area contributed by atoms with Gasteiger partial charge in [-0.1, -0.05) is 0 Å². The summed E-state index contributed by atoms with van der Waals surface area (Å²) in [6, 6.07) is 3.86.